The fourth-order valence-electron chi connectivity index (χ4n) is 1.20. The van der Waals surface area contributed by atoms with Gasteiger partial charge in [0.25, 0.3) is 0 Å². The predicted octanol–water partition coefficient (Wildman–Crippen LogP) is 2.68. The van der Waals surface area contributed by atoms with Crippen molar-refractivity contribution in [2.45, 2.75) is 25.7 Å². The lowest BCUT2D eigenvalue weighted by Crippen LogP contribution is -1.91. The molecule has 0 aliphatic heterocycles. The van der Waals surface area contributed by atoms with E-state index >= 15 is 0 Å². The van der Waals surface area contributed by atoms with Crippen molar-refractivity contribution in [1.82, 2.24) is 9.97 Å². The molecule has 0 N–H and O–H groups in total. The molecule has 1 aliphatic carbocycles. The number of allylic oxidation sites excluding steroid dienone is 1. The van der Waals surface area contributed by atoms with Gasteiger partial charge < -0.3 is 0 Å². The SMILES string of the molecule is C/C=C(\F)c1cnc(C2CC2)cn1. The van der Waals surface area contributed by atoms with Gasteiger partial charge in [0.2, 0.25) is 0 Å². The van der Waals surface area contributed by atoms with Crippen molar-refractivity contribution < 1.29 is 4.39 Å². The Kier molecular flexibility index (Phi) is 2.08. The topological polar surface area (TPSA) is 25.8 Å². The summed E-state index contributed by atoms with van der Waals surface area (Å²) >= 11 is 0. The third-order valence-electron chi connectivity index (χ3n) is 2.17. The first-order valence-corrected chi connectivity index (χ1v) is 4.45. The molecular formula is C10H11FN2. The van der Waals surface area contributed by atoms with E-state index in [2.05, 4.69) is 9.97 Å². The van der Waals surface area contributed by atoms with Gasteiger partial charge in [-0.3, -0.25) is 9.97 Å². The summed E-state index contributed by atoms with van der Waals surface area (Å²) in [5.41, 5.74) is 1.32. The van der Waals surface area contributed by atoms with Gasteiger partial charge >= 0.3 is 0 Å². The van der Waals surface area contributed by atoms with Crippen LogP contribution in [-0.4, -0.2) is 9.97 Å². The molecule has 1 aromatic heterocycles. The van der Waals surface area contributed by atoms with Crippen LogP contribution in [0.1, 0.15) is 37.1 Å². The van der Waals surface area contributed by atoms with Crippen molar-refractivity contribution in [3.8, 4) is 0 Å². The van der Waals surface area contributed by atoms with Crippen LogP contribution in [0.5, 0.6) is 0 Å². The highest BCUT2D eigenvalue weighted by molar-refractivity contribution is 5.53. The number of halogens is 1. The van der Waals surface area contributed by atoms with Gasteiger partial charge in [-0.25, -0.2) is 4.39 Å². The molecule has 0 atom stereocenters. The smallest absolute Gasteiger partial charge is 0.146 e. The molecule has 3 heteroatoms. The fourth-order valence-corrected chi connectivity index (χ4v) is 1.20. The molecule has 0 saturated heterocycles. The van der Waals surface area contributed by atoms with Crippen molar-refractivity contribution in [2.75, 3.05) is 0 Å². The monoisotopic (exact) mass is 178 g/mol. The third kappa shape index (κ3) is 1.74. The van der Waals surface area contributed by atoms with Crippen molar-refractivity contribution in [1.29, 1.82) is 0 Å². The van der Waals surface area contributed by atoms with Crippen LogP contribution in [0.15, 0.2) is 18.5 Å². The Morgan fingerprint density at radius 2 is 2.23 bits per heavy atom. The molecule has 1 aromatic rings. The van der Waals surface area contributed by atoms with E-state index in [1.54, 1.807) is 13.1 Å². The highest BCUT2D eigenvalue weighted by Gasteiger charge is 2.25. The first-order chi connectivity index (χ1) is 6.31. The highest BCUT2D eigenvalue weighted by atomic mass is 19.1. The lowest BCUT2D eigenvalue weighted by Gasteiger charge is -1.98. The minimum atomic E-state index is -0.310. The molecule has 0 aromatic carbocycles. The molecular weight excluding hydrogens is 167 g/mol. The van der Waals surface area contributed by atoms with Crippen molar-refractivity contribution in [2.24, 2.45) is 0 Å². The second kappa shape index (κ2) is 3.24. The second-order valence-corrected chi connectivity index (χ2v) is 3.24. The van der Waals surface area contributed by atoms with Crippen LogP contribution in [0, 0.1) is 0 Å². The Balaban J connectivity index is 2.22. The average Bonchev–Trinajstić information content (AvgIpc) is 3.00. The number of nitrogens with zero attached hydrogens (tertiary/aromatic N) is 2. The Bertz CT molecular complexity index is 325. The normalized spacial score (nSPS) is 17.5. The van der Waals surface area contributed by atoms with Gasteiger partial charge in [-0.2, -0.15) is 0 Å². The van der Waals surface area contributed by atoms with Crippen LogP contribution in [0.4, 0.5) is 4.39 Å². The lowest BCUT2D eigenvalue weighted by atomic mass is 10.3. The maximum atomic E-state index is 13.0. The summed E-state index contributed by atoms with van der Waals surface area (Å²) in [6.45, 7) is 1.64. The molecule has 68 valence electrons. The van der Waals surface area contributed by atoms with E-state index in [9.17, 15) is 4.39 Å². The zero-order valence-corrected chi connectivity index (χ0v) is 7.50. The maximum Gasteiger partial charge on any atom is 0.146 e. The summed E-state index contributed by atoms with van der Waals surface area (Å²) in [5.74, 6) is 0.269. The van der Waals surface area contributed by atoms with E-state index < -0.39 is 0 Å². The van der Waals surface area contributed by atoms with Gasteiger partial charge in [0.05, 0.1) is 11.9 Å². The Labute approximate surface area is 76.5 Å². The van der Waals surface area contributed by atoms with Crippen LogP contribution in [0.25, 0.3) is 5.83 Å². The van der Waals surface area contributed by atoms with E-state index in [0.29, 0.717) is 11.6 Å². The van der Waals surface area contributed by atoms with Crippen molar-refractivity contribution >= 4 is 5.83 Å². The van der Waals surface area contributed by atoms with Gasteiger partial charge in [-0.05, 0) is 25.8 Å². The Morgan fingerprint density at radius 3 is 2.69 bits per heavy atom. The van der Waals surface area contributed by atoms with E-state index in [-0.39, 0.29) is 5.83 Å². The number of aromatic nitrogens is 2. The molecule has 1 aliphatic rings. The van der Waals surface area contributed by atoms with Crippen molar-refractivity contribution in [3.05, 3.63) is 29.9 Å². The highest BCUT2D eigenvalue weighted by Crippen LogP contribution is 2.38. The molecule has 0 spiro atoms. The summed E-state index contributed by atoms with van der Waals surface area (Å²) < 4.78 is 13.0. The Morgan fingerprint density at radius 1 is 1.46 bits per heavy atom. The quantitative estimate of drug-likeness (QED) is 0.695. The van der Waals surface area contributed by atoms with Gasteiger partial charge in [0.15, 0.2) is 0 Å². The van der Waals surface area contributed by atoms with Gasteiger partial charge in [-0.1, -0.05) is 0 Å². The van der Waals surface area contributed by atoms with Gasteiger partial charge in [0, 0.05) is 12.1 Å². The first-order valence-electron chi connectivity index (χ1n) is 4.45. The number of hydrogen-bond acceptors (Lipinski definition) is 2. The van der Waals surface area contributed by atoms with Crippen LogP contribution >= 0.6 is 0 Å². The molecule has 2 nitrogen and oxygen atoms in total. The standard InChI is InChI=1S/C10H11FN2/c1-2-8(11)10-6-12-9(5-13-10)7-3-4-7/h2,5-7H,3-4H2,1H3/b8-2-. The average molecular weight is 178 g/mol. The molecule has 2 rings (SSSR count). The number of rotatable bonds is 2. The molecule has 1 heterocycles. The van der Waals surface area contributed by atoms with Gasteiger partial charge in [-0.15, -0.1) is 0 Å². The summed E-state index contributed by atoms with van der Waals surface area (Å²) in [6, 6.07) is 0. The number of hydrogen-bond donors (Lipinski definition) is 0. The largest absolute Gasteiger partial charge is 0.257 e. The molecule has 1 saturated carbocycles. The lowest BCUT2D eigenvalue weighted by molar-refractivity contribution is 0.747. The van der Waals surface area contributed by atoms with Gasteiger partial charge in [0.1, 0.15) is 11.5 Å². The molecule has 13 heavy (non-hydrogen) atoms. The van der Waals surface area contributed by atoms with Crippen LogP contribution in [0.2, 0.25) is 0 Å². The van der Waals surface area contributed by atoms with Crippen LogP contribution in [0.3, 0.4) is 0 Å². The van der Waals surface area contributed by atoms with Crippen LogP contribution < -0.4 is 0 Å². The molecule has 0 unspecified atom stereocenters. The van der Waals surface area contributed by atoms with E-state index in [1.165, 1.54) is 25.1 Å². The first kappa shape index (κ1) is 8.35. The molecule has 1 fully saturated rings. The Hall–Kier alpha value is -1.25. The van der Waals surface area contributed by atoms with E-state index in [4.69, 9.17) is 0 Å². The third-order valence-corrected chi connectivity index (χ3v) is 2.17. The fraction of sp³-hybridized carbons (Fsp3) is 0.400. The summed E-state index contributed by atoms with van der Waals surface area (Å²) in [5, 5.41) is 0. The predicted molar refractivity (Wildman–Crippen MR) is 48.8 cm³/mol. The molecule has 0 radical (unpaired) electrons. The maximum absolute atomic E-state index is 13.0. The second-order valence-electron chi connectivity index (χ2n) is 3.24. The van der Waals surface area contributed by atoms with E-state index in [0.717, 1.165) is 5.69 Å². The molecule has 0 bridgehead atoms. The zero-order chi connectivity index (χ0) is 9.26. The summed E-state index contributed by atoms with van der Waals surface area (Å²) in [4.78, 5) is 8.17. The minimum absolute atomic E-state index is 0.310. The summed E-state index contributed by atoms with van der Waals surface area (Å²) in [6.07, 6.45) is 6.96. The minimum Gasteiger partial charge on any atom is -0.257 e. The van der Waals surface area contributed by atoms with Crippen LogP contribution in [-0.2, 0) is 0 Å². The summed E-state index contributed by atoms with van der Waals surface area (Å²) in [7, 11) is 0. The van der Waals surface area contributed by atoms with Crippen molar-refractivity contribution in [3.63, 3.8) is 0 Å². The molecule has 0 amide bonds. The zero-order valence-electron chi connectivity index (χ0n) is 7.50. The van der Waals surface area contributed by atoms with E-state index in [1.807, 2.05) is 0 Å².